The van der Waals surface area contributed by atoms with Crippen LogP contribution in [0.4, 0.5) is 0 Å². The minimum absolute atomic E-state index is 0.0390. The van der Waals surface area contributed by atoms with E-state index in [9.17, 15) is 4.79 Å². The molecule has 1 aliphatic rings. The summed E-state index contributed by atoms with van der Waals surface area (Å²) >= 11 is 0. The molecule has 22 heavy (non-hydrogen) atoms. The van der Waals surface area contributed by atoms with Gasteiger partial charge in [0.2, 0.25) is 0 Å². The van der Waals surface area contributed by atoms with Gasteiger partial charge >= 0.3 is 0 Å². The van der Waals surface area contributed by atoms with Crippen molar-refractivity contribution in [3.63, 3.8) is 0 Å². The molecule has 0 aliphatic carbocycles. The Morgan fingerprint density at radius 1 is 1.14 bits per heavy atom. The number of aromatic nitrogens is 2. The zero-order valence-electron chi connectivity index (χ0n) is 13.4. The molecule has 5 nitrogen and oxygen atoms in total. The summed E-state index contributed by atoms with van der Waals surface area (Å²) in [7, 11) is 2.08. The van der Waals surface area contributed by atoms with Gasteiger partial charge in [-0.15, -0.1) is 0 Å². The van der Waals surface area contributed by atoms with E-state index >= 15 is 0 Å². The molecule has 3 rings (SSSR count). The molecule has 2 heterocycles. The van der Waals surface area contributed by atoms with Crippen LogP contribution >= 0.6 is 0 Å². The van der Waals surface area contributed by atoms with Crippen LogP contribution in [0.15, 0.2) is 24.3 Å². The van der Waals surface area contributed by atoms with Crippen molar-refractivity contribution in [2.45, 2.75) is 13.8 Å². The highest BCUT2D eigenvalue weighted by Gasteiger charge is 2.22. The van der Waals surface area contributed by atoms with Crippen LogP contribution in [0.1, 0.15) is 21.6 Å². The number of carbonyl (C=O) groups is 1. The van der Waals surface area contributed by atoms with E-state index in [1.165, 1.54) is 5.56 Å². The number of hydrogen-bond donors (Lipinski definition) is 1. The molecule has 0 spiro atoms. The number of aromatic amines is 1. The van der Waals surface area contributed by atoms with Gasteiger partial charge in [-0.25, -0.2) is 0 Å². The number of amides is 1. The van der Waals surface area contributed by atoms with Gasteiger partial charge in [-0.1, -0.05) is 17.7 Å². The molecule has 116 valence electrons. The summed E-state index contributed by atoms with van der Waals surface area (Å²) in [4.78, 5) is 16.7. The van der Waals surface area contributed by atoms with Crippen molar-refractivity contribution in [1.29, 1.82) is 0 Å². The average Bonchev–Trinajstić information content (AvgIpc) is 2.99. The van der Waals surface area contributed by atoms with Crippen molar-refractivity contribution in [2.24, 2.45) is 0 Å². The first-order chi connectivity index (χ1) is 10.5. The van der Waals surface area contributed by atoms with Crippen LogP contribution in [0, 0.1) is 13.8 Å². The van der Waals surface area contributed by atoms with E-state index in [1.54, 1.807) is 0 Å². The van der Waals surface area contributed by atoms with E-state index in [2.05, 4.69) is 54.2 Å². The molecule has 2 aromatic rings. The molecule has 1 saturated heterocycles. The Kier molecular flexibility index (Phi) is 3.98. The minimum Gasteiger partial charge on any atom is -0.335 e. The maximum absolute atomic E-state index is 12.5. The summed E-state index contributed by atoms with van der Waals surface area (Å²) in [5, 5.41) is 7.24. The van der Waals surface area contributed by atoms with Gasteiger partial charge in [-0.3, -0.25) is 9.89 Å². The molecule has 0 bridgehead atoms. The number of hydrogen-bond acceptors (Lipinski definition) is 3. The molecule has 0 saturated carbocycles. The Bertz CT molecular complexity index is 684. The number of nitrogens with zero attached hydrogens (tertiary/aromatic N) is 3. The largest absolute Gasteiger partial charge is 0.335 e. The monoisotopic (exact) mass is 298 g/mol. The topological polar surface area (TPSA) is 52.2 Å². The lowest BCUT2D eigenvalue weighted by atomic mass is 10.0. The summed E-state index contributed by atoms with van der Waals surface area (Å²) in [6, 6.07) is 8.14. The van der Waals surface area contributed by atoms with Gasteiger partial charge in [0.25, 0.3) is 5.91 Å². The highest BCUT2D eigenvalue weighted by molar-refractivity contribution is 5.93. The first kappa shape index (κ1) is 14.8. The Morgan fingerprint density at radius 2 is 1.86 bits per heavy atom. The fourth-order valence-corrected chi connectivity index (χ4v) is 2.76. The predicted molar refractivity (Wildman–Crippen MR) is 86.9 cm³/mol. The molecule has 1 fully saturated rings. The van der Waals surface area contributed by atoms with Crippen molar-refractivity contribution in [1.82, 2.24) is 20.0 Å². The first-order valence-electron chi connectivity index (χ1n) is 7.65. The molecular weight excluding hydrogens is 276 g/mol. The molecule has 1 aromatic carbocycles. The number of carbonyl (C=O) groups excluding carboxylic acids is 1. The predicted octanol–water partition coefficient (Wildman–Crippen LogP) is 2.08. The van der Waals surface area contributed by atoms with Crippen LogP contribution in [0.5, 0.6) is 0 Å². The van der Waals surface area contributed by atoms with Crippen LogP contribution in [0.2, 0.25) is 0 Å². The van der Waals surface area contributed by atoms with Crippen LogP contribution in [0.25, 0.3) is 11.3 Å². The quantitative estimate of drug-likeness (QED) is 0.923. The highest BCUT2D eigenvalue weighted by Crippen LogP contribution is 2.23. The number of benzene rings is 1. The fraction of sp³-hybridized carbons (Fsp3) is 0.412. The van der Waals surface area contributed by atoms with E-state index < -0.39 is 0 Å². The minimum atomic E-state index is 0.0390. The molecule has 1 amide bonds. The molecule has 0 atom stereocenters. The Labute approximate surface area is 130 Å². The SMILES string of the molecule is Cc1ccc(C)c(-c2cc(C(=O)N3CCN(C)CC3)[nH]n2)c1. The Morgan fingerprint density at radius 3 is 2.59 bits per heavy atom. The lowest BCUT2D eigenvalue weighted by Gasteiger charge is -2.32. The van der Waals surface area contributed by atoms with Crippen molar-refractivity contribution in [3.8, 4) is 11.3 Å². The van der Waals surface area contributed by atoms with Crippen LogP contribution in [0.3, 0.4) is 0 Å². The summed E-state index contributed by atoms with van der Waals surface area (Å²) < 4.78 is 0. The van der Waals surface area contributed by atoms with Crippen LogP contribution in [-0.4, -0.2) is 59.1 Å². The van der Waals surface area contributed by atoms with Gasteiger partial charge in [0, 0.05) is 31.7 Å². The molecule has 1 aliphatic heterocycles. The molecule has 0 unspecified atom stereocenters. The van der Waals surface area contributed by atoms with Crippen molar-refractivity contribution in [2.75, 3.05) is 33.2 Å². The van der Waals surface area contributed by atoms with E-state index in [0.717, 1.165) is 43.0 Å². The van der Waals surface area contributed by atoms with Gasteiger partial charge in [-0.05, 0) is 38.6 Å². The number of aryl methyl sites for hydroxylation is 2. The summed E-state index contributed by atoms with van der Waals surface area (Å²) in [5.41, 5.74) is 4.83. The molecule has 1 N–H and O–H groups in total. The molecule has 5 heteroatoms. The molecular formula is C17H22N4O. The van der Waals surface area contributed by atoms with Gasteiger partial charge in [-0.2, -0.15) is 5.10 Å². The average molecular weight is 298 g/mol. The van der Waals surface area contributed by atoms with E-state index in [4.69, 9.17) is 0 Å². The van der Waals surface area contributed by atoms with E-state index in [0.29, 0.717) is 5.69 Å². The van der Waals surface area contributed by atoms with E-state index in [-0.39, 0.29) is 5.91 Å². The van der Waals surface area contributed by atoms with Crippen LogP contribution < -0.4 is 0 Å². The molecule has 1 aromatic heterocycles. The number of likely N-dealkylation sites (N-methyl/N-ethyl adjacent to an activating group) is 1. The highest BCUT2D eigenvalue weighted by atomic mass is 16.2. The maximum Gasteiger partial charge on any atom is 0.271 e. The van der Waals surface area contributed by atoms with Crippen molar-refractivity contribution in [3.05, 3.63) is 41.1 Å². The van der Waals surface area contributed by atoms with Gasteiger partial charge in [0.15, 0.2) is 0 Å². The lowest BCUT2D eigenvalue weighted by molar-refractivity contribution is 0.0658. The summed E-state index contributed by atoms with van der Waals surface area (Å²) in [6.45, 7) is 7.51. The zero-order valence-corrected chi connectivity index (χ0v) is 13.4. The number of rotatable bonds is 2. The number of nitrogens with one attached hydrogen (secondary N) is 1. The summed E-state index contributed by atoms with van der Waals surface area (Å²) in [6.07, 6.45) is 0. The molecule has 0 radical (unpaired) electrons. The number of H-pyrrole nitrogens is 1. The lowest BCUT2D eigenvalue weighted by Crippen LogP contribution is -2.47. The third-order valence-corrected chi connectivity index (χ3v) is 4.27. The second-order valence-corrected chi connectivity index (χ2v) is 6.08. The third-order valence-electron chi connectivity index (χ3n) is 4.27. The van der Waals surface area contributed by atoms with Crippen molar-refractivity contribution >= 4 is 5.91 Å². The van der Waals surface area contributed by atoms with E-state index in [1.807, 2.05) is 11.0 Å². The smallest absolute Gasteiger partial charge is 0.271 e. The fourth-order valence-electron chi connectivity index (χ4n) is 2.76. The van der Waals surface area contributed by atoms with Gasteiger partial charge in [0.05, 0.1) is 5.69 Å². The Hall–Kier alpha value is -2.14. The standard InChI is InChI=1S/C17H22N4O/c1-12-4-5-13(2)14(10-12)15-11-16(19-18-15)17(22)21-8-6-20(3)7-9-21/h4-5,10-11H,6-9H2,1-3H3,(H,18,19). The van der Waals surface area contributed by atoms with Crippen LogP contribution in [-0.2, 0) is 0 Å². The van der Waals surface area contributed by atoms with Crippen molar-refractivity contribution < 1.29 is 4.79 Å². The maximum atomic E-state index is 12.5. The van der Waals surface area contributed by atoms with Gasteiger partial charge < -0.3 is 9.80 Å². The summed E-state index contributed by atoms with van der Waals surface area (Å²) in [5.74, 6) is 0.0390. The third kappa shape index (κ3) is 2.90. The van der Waals surface area contributed by atoms with Gasteiger partial charge in [0.1, 0.15) is 5.69 Å². The second-order valence-electron chi connectivity index (χ2n) is 6.08. The second kappa shape index (κ2) is 5.93. The first-order valence-corrected chi connectivity index (χ1v) is 7.65. The zero-order chi connectivity index (χ0) is 15.7. The number of piperazine rings is 1. The Balaban J connectivity index is 1.81. The normalized spacial score (nSPS) is 16.0.